The lowest BCUT2D eigenvalue weighted by Gasteiger charge is -2.27. The fourth-order valence-electron chi connectivity index (χ4n) is 1.64. The highest BCUT2D eigenvalue weighted by atomic mass is 16.5. The van der Waals surface area contributed by atoms with E-state index in [0.717, 1.165) is 25.7 Å². The van der Waals surface area contributed by atoms with E-state index < -0.39 is 0 Å². The first-order valence-corrected chi connectivity index (χ1v) is 4.72. The van der Waals surface area contributed by atoms with Crippen molar-refractivity contribution in [1.29, 1.82) is 0 Å². The van der Waals surface area contributed by atoms with E-state index in [1.807, 2.05) is 0 Å². The van der Waals surface area contributed by atoms with Crippen molar-refractivity contribution in [2.24, 2.45) is 0 Å². The van der Waals surface area contributed by atoms with Crippen molar-refractivity contribution in [3.05, 3.63) is 0 Å². The molecule has 4 nitrogen and oxygen atoms in total. The summed E-state index contributed by atoms with van der Waals surface area (Å²) in [4.78, 5) is 10.8. The highest BCUT2D eigenvalue weighted by Gasteiger charge is 2.22. The van der Waals surface area contributed by atoms with Crippen molar-refractivity contribution in [3.8, 4) is 0 Å². The average molecular weight is 187 g/mol. The zero-order valence-electron chi connectivity index (χ0n) is 7.95. The van der Waals surface area contributed by atoms with Gasteiger partial charge in [-0.15, -0.1) is 0 Å². The molecule has 1 rings (SSSR count). The number of rotatable bonds is 3. The number of aliphatic hydroxyl groups excluding tert-OH is 1. The predicted molar refractivity (Wildman–Crippen MR) is 48.3 cm³/mol. The third-order valence-electron chi connectivity index (χ3n) is 2.47. The number of hydrogen-bond donors (Lipinski definition) is 2. The first-order chi connectivity index (χ1) is 6.24. The molecule has 0 spiro atoms. The van der Waals surface area contributed by atoms with Crippen molar-refractivity contribution < 1.29 is 14.6 Å². The summed E-state index contributed by atoms with van der Waals surface area (Å²) in [6, 6.07) is 0.0628. The van der Waals surface area contributed by atoms with Crippen molar-refractivity contribution in [1.82, 2.24) is 5.32 Å². The van der Waals surface area contributed by atoms with Gasteiger partial charge >= 0.3 is 5.97 Å². The number of ether oxygens (including phenoxy) is 1. The van der Waals surface area contributed by atoms with E-state index in [1.54, 1.807) is 0 Å². The summed E-state index contributed by atoms with van der Waals surface area (Å²) < 4.78 is 4.49. The predicted octanol–water partition coefficient (Wildman–Crippen LogP) is 0.0525. The highest BCUT2D eigenvalue weighted by molar-refractivity contribution is 5.71. The topological polar surface area (TPSA) is 58.6 Å². The Bertz CT molecular complexity index is 172. The second-order valence-electron chi connectivity index (χ2n) is 3.42. The van der Waals surface area contributed by atoms with Gasteiger partial charge < -0.3 is 15.2 Å². The zero-order chi connectivity index (χ0) is 9.68. The first-order valence-electron chi connectivity index (χ1n) is 4.72. The molecule has 2 atom stereocenters. The summed E-state index contributed by atoms with van der Waals surface area (Å²) in [5.41, 5.74) is 0. The molecule has 1 aliphatic carbocycles. The summed E-state index contributed by atoms with van der Waals surface area (Å²) in [5.74, 6) is -0.280. The quantitative estimate of drug-likeness (QED) is 0.613. The zero-order valence-corrected chi connectivity index (χ0v) is 7.95. The maximum absolute atomic E-state index is 10.8. The maximum atomic E-state index is 10.8. The number of aliphatic hydroxyl groups is 1. The standard InChI is InChI=1S/C9H17NO3/c1-13-9(12)6-10-7-4-2-3-5-8(7)11/h7-8,10-11H,2-6H2,1H3/t7-,8-/m0/s1. The fraction of sp³-hybridized carbons (Fsp3) is 0.889. The van der Waals surface area contributed by atoms with Crippen LogP contribution in [0.5, 0.6) is 0 Å². The van der Waals surface area contributed by atoms with Gasteiger partial charge in [0, 0.05) is 6.04 Å². The van der Waals surface area contributed by atoms with Crippen LogP contribution in [0.15, 0.2) is 0 Å². The summed E-state index contributed by atoms with van der Waals surface area (Å²) in [6.45, 7) is 0.193. The molecule has 0 aromatic carbocycles. The molecule has 76 valence electrons. The molecule has 0 bridgehead atoms. The van der Waals surface area contributed by atoms with Crippen molar-refractivity contribution >= 4 is 5.97 Å². The van der Waals surface area contributed by atoms with Crippen molar-refractivity contribution in [2.75, 3.05) is 13.7 Å². The first kappa shape index (κ1) is 10.5. The van der Waals surface area contributed by atoms with Crippen LogP contribution in [0.25, 0.3) is 0 Å². The average Bonchev–Trinajstić information content (AvgIpc) is 2.16. The monoisotopic (exact) mass is 187 g/mol. The Hall–Kier alpha value is -0.610. The lowest BCUT2D eigenvalue weighted by atomic mass is 9.93. The summed E-state index contributed by atoms with van der Waals surface area (Å²) >= 11 is 0. The van der Waals surface area contributed by atoms with Crippen LogP contribution in [0, 0.1) is 0 Å². The molecule has 1 aliphatic rings. The van der Waals surface area contributed by atoms with Crippen molar-refractivity contribution in [3.63, 3.8) is 0 Å². The van der Waals surface area contributed by atoms with Crippen LogP contribution in [0.3, 0.4) is 0 Å². The minimum absolute atomic E-state index is 0.0628. The van der Waals surface area contributed by atoms with Gasteiger partial charge in [-0.25, -0.2) is 0 Å². The molecule has 0 aromatic heterocycles. The van der Waals surface area contributed by atoms with E-state index in [9.17, 15) is 9.90 Å². The molecule has 0 amide bonds. The minimum atomic E-state index is -0.307. The second-order valence-corrected chi connectivity index (χ2v) is 3.42. The van der Waals surface area contributed by atoms with Gasteiger partial charge in [-0.2, -0.15) is 0 Å². The van der Waals surface area contributed by atoms with E-state index >= 15 is 0 Å². The maximum Gasteiger partial charge on any atom is 0.319 e. The van der Waals surface area contributed by atoms with E-state index in [2.05, 4.69) is 10.1 Å². The van der Waals surface area contributed by atoms with Gasteiger partial charge in [0.1, 0.15) is 0 Å². The summed E-state index contributed by atoms with van der Waals surface area (Å²) in [5, 5.41) is 12.5. The van der Waals surface area contributed by atoms with Gasteiger partial charge in [0.2, 0.25) is 0 Å². The summed E-state index contributed by atoms with van der Waals surface area (Å²) in [6.07, 6.45) is 3.67. The lowest BCUT2D eigenvalue weighted by Crippen LogP contribution is -2.44. The number of nitrogens with one attached hydrogen (secondary N) is 1. The smallest absolute Gasteiger partial charge is 0.319 e. The molecule has 0 saturated heterocycles. The van der Waals surface area contributed by atoms with E-state index in [0.29, 0.717) is 0 Å². The molecule has 4 heteroatoms. The molecular weight excluding hydrogens is 170 g/mol. The van der Waals surface area contributed by atoms with Gasteiger partial charge in [-0.3, -0.25) is 4.79 Å². The minimum Gasteiger partial charge on any atom is -0.468 e. The Balaban J connectivity index is 2.22. The fourth-order valence-corrected chi connectivity index (χ4v) is 1.64. The number of carbonyl (C=O) groups excluding carboxylic acids is 1. The normalized spacial score (nSPS) is 28.5. The molecule has 0 radical (unpaired) electrons. The third-order valence-corrected chi connectivity index (χ3v) is 2.47. The van der Waals surface area contributed by atoms with Gasteiger partial charge in [-0.05, 0) is 12.8 Å². The summed E-state index contributed by atoms with van der Waals surface area (Å²) in [7, 11) is 1.36. The van der Waals surface area contributed by atoms with Crippen molar-refractivity contribution in [2.45, 2.75) is 37.8 Å². The van der Waals surface area contributed by atoms with E-state index in [1.165, 1.54) is 7.11 Å². The second kappa shape index (κ2) is 5.19. The van der Waals surface area contributed by atoms with E-state index in [4.69, 9.17) is 0 Å². The molecule has 13 heavy (non-hydrogen) atoms. The van der Waals surface area contributed by atoms with Crippen LogP contribution in [-0.4, -0.2) is 36.9 Å². The largest absolute Gasteiger partial charge is 0.468 e. The molecular formula is C9H17NO3. The van der Waals surface area contributed by atoms with Crippen LogP contribution in [0.4, 0.5) is 0 Å². The molecule has 1 saturated carbocycles. The Labute approximate surface area is 78.3 Å². The number of esters is 1. The van der Waals surface area contributed by atoms with Crippen LogP contribution >= 0.6 is 0 Å². The molecule has 1 fully saturated rings. The van der Waals surface area contributed by atoms with Gasteiger partial charge in [-0.1, -0.05) is 12.8 Å². The Morgan fingerprint density at radius 1 is 1.54 bits per heavy atom. The molecule has 0 aliphatic heterocycles. The Kier molecular flexibility index (Phi) is 4.18. The molecule has 0 aromatic rings. The van der Waals surface area contributed by atoms with Gasteiger partial charge in [0.05, 0.1) is 19.8 Å². The van der Waals surface area contributed by atoms with E-state index in [-0.39, 0.29) is 24.7 Å². The van der Waals surface area contributed by atoms with Crippen LogP contribution in [0.2, 0.25) is 0 Å². The SMILES string of the molecule is COC(=O)CN[C@H]1CCCC[C@@H]1O. The molecule has 0 heterocycles. The molecule has 0 unspecified atom stereocenters. The number of hydrogen-bond acceptors (Lipinski definition) is 4. The van der Waals surface area contributed by atoms with Gasteiger partial charge in [0.25, 0.3) is 0 Å². The van der Waals surface area contributed by atoms with Crippen LogP contribution < -0.4 is 5.32 Å². The van der Waals surface area contributed by atoms with Crippen LogP contribution in [-0.2, 0) is 9.53 Å². The van der Waals surface area contributed by atoms with Gasteiger partial charge in [0.15, 0.2) is 0 Å². The number of carbonyl (C=O) groups is 1. The number of methoxy groups -OCH3 is 1. The third kappa shape index (κ3) is 3.32. The Morgan fingerprint density at radius 3 is 2.85 bits per heavy atom. The van der Waals surface area contributed by atoms with Crippen LogP contribution in [0.1, 0.15) is 25.7 Å². The Morgan fingerprint density at radius 2 is 2.23 bits per heavy atom. The lowest BCUT2D eigenvalue weighted by molar-refractivity contribution is -0.139. The molecule has 2 N–H and O–H groups in total. The highest BCUT2D eigenvalue weighted by Crippen LogP contribution is 2.17.